The molecule has 8 heavy (non-hydrogen) atoms. The molecule has 0 unspecified atom stereocenters. The standard InChI is InChI=1S/C6H10N2/c1-3-6(4-7)5-8-2/h3-5H,1,7H2,2H3. The Kier molecular flexibility index (Phi) is 3.58. The first-order valence-corrected chi connectivity index (χ1v) is 2.31. The topological polar surface area (TPSA) is 38.4 Å². The van der Waals surface area contributed by atoms with Crippen molar-refractivity contribution in [3.05, 3.63) is 24.4 Å². The zero-order chi connectivity index (χ0) is 6.41. The molecular formula is C6H10N2. The molecule has 0 fully saturated rings. The molecule has 2 N–H and O–H groups in total. The summed E-state index contributed by atoms with van der Waals surface area (Å²) >= 11 is 0. The van der Waals surface area contributed by atoms with Crippen molar-refractivity contribution in [2.75, 3.05) is 7.05 Å². The first-order valence-electron chi connectivity index (χ1n) is 2.31. The number of nitrogens with zero attached hydrogens (tertiary/aromatic N) is 1. The van der Waals surface area contributed by atoms with E-state index < -0.39 is 0 Å². The molecule has 0 saturated heterocycles. The molecule has 0 aromatic carbocycles. The number of rotatable bonds is 2. The van der Waals surface area contributed by atoms with E-state index in [1.807, 2.05) is 0 Å². The van der Waals surface area contributed by atoms with E-state index in [2.05, 4.69) is 11.6 Å². The summed E-state index contributed by atoms with van der Waals surface area (Å²) in [6, 6.07) is 0. The van der Waals surface area contributed by atoms with Crippen molar-refractivity contribution < 1.29 is 0 Å². The number of hydrogen-bond acceptors (Lipinski definition) is 2. The third-order valence-corrected chi connectivity index (χ3v) is 0.706. The predicted octanol–water partition coefficient (Wildman–Crippen LogP) is 0.716. The average Bonchev–Trinajstić information content (AvgIpc) is 1.83. The van der Waals surface area contributed by atoms with Crippen LogP contribution in [0.25, 0.3) is 0 Å². The molecule has 0 aromatic heterocycles. The van der Waals surface area contributed by atoms with Gasteiger partial charge in [0.15, 0.2) is 0 Å². The maximum Gasteiger partial charge on any atom is 0.0295 e. The van der Waals surface area contributed by atoms with Crippen molar-refractivity contribution >= 4 is 6.21 Å². The van der Waals surface area contributed by atoms with Gasteiger partial charge in [-0.05, 0) is 0 Å². The molecule has 0 atom stereocenters. The van der Waals surface area contributed by atoms with Crippen molar-refractivity contribution in [3.8, 4) is 0 Å². The Morgan fingerprint density at radius 2 is 2.38 bits per heavy atom. The largest absolute Gasteiger partial charge is 0.404 e. The Hall–Kier alpha value is -1.05. The van der Waals surface area contributed by atoms with E-state index in [0.717, 1.165) is 5.57 Å². The Bertz CT molecular complexity index is 122. The minimum atomic E-state index is 0.840. The first kappa shape index (κ1) is 6.95. The van der Waals surface area contributed by atoms with Gasteiger partial charge in [0, 0.05) is 25.0 Å². The van der Waals surface area contributed by atoms with Gasteiger partial charge in [-0.1, -0.05) is 12.7 Å². The molecule has 0 aliphatic heterocycles. The SMILES string of the molecule is C=CC(C=NC)=CN. The van der Waals surface area contributed by atoms with Crippen LogP contribution in [0.5, 0.6) is 0 Å². The summed E-state index contributed by atoms with van der Waals surface area (Å²) in [6.45, 7) is 3.51. The summed E-state index contributed by atoms with van der Waals surface area (Å²) in [6.07, 6.45) is 4.75. The van der Waals surface area contributed by atoms with Gasteiger partial charge in [-0.2, -0.15) is 0 Å². The van der Waals surface area contributed by atoms with Gasteiger partial charge in [0.1, 0.15) is 0 Å². The molecule has 0 heterocycles. The Morgan fingerprint density at radius 1 is 1.75 bits per heavy atom. The highest BCUT2D eigenvalue weighted by Crippen LogP contribution is 1.84. The number of hydrogen-bond donors (Lipinski definition) is 1. The minimum Gasteiger partial charge on any atom is -0.404 e. The molecular weight excluding hydrogens is 100 g/mol. The van der Waals surface area contributed by atoms with Crippen molar-refractivity contribution in [3.63, 3.8) is 0 Å². The van der Waals surface area contributed by atoms with Crippen LogP contribution in [0.2, 0.25) is 0 Å². The monoisotopic (exact) mass is 110 g/mol. The quantitative estimate of drug-likeness (QED) is 0.412. The second kappa shape index (κ2) is 4.12. The summed E-state index contributed by atoms with van der Waals surface area (Å²) in [5, 5.41) is 0. The fourth-order valence-corrected chi connectivity index (χ4v) is 0.313. The molecule has 44 valence electrons. The molecule has 0 aromatic rings. The normalized spacial score (nSPS) is 12.4. The lowest BCUT2D eigenvalue weighted by Crippen LogP contribution is -1.85. The Morgan fingerprint density at radius 3 is 2.50 bits per heavy atom. The van der Waals surface area contributed by atoms with Crippen molar-refractivity contribution in [1.29, 1.82) is 0 Å². The molecule has 2 heteroatoms. The maximum absolute atomic E-state index is 5.14. The molecule has 0 spiro atoms. The highest BCUT2D eigenvalue weighted by atomic mass is 14.6. The lowest BCUT2D eigenvalue weighted by atomic mass is 10.3. The van der Waals surface area contributed by atoms with Gasteiger partial charge in [0.25, 0.3) is 0 Å². The molecule has 0 amide bonds. The van der Waals surface area contributed by atoms with Gasteiger partial charge in [-0.15, -0.1) is 0 Å². The van der Waals surface area contributed by atoms with Crippen LogP contribution in [0.1, 0.15) is 0 Å². The number of nitrogens with two attached hydrogens (primary N) is 1. The van der Waals surface area contributed by atoms with Gasteiger partial charge in [-0.25, -0.2) is 0 Å². The van der Waals surface area contributed by atoms with Crippen LogP contribution in [-0.4, -0.2) is 13.3 Å². The van der Waals surface area contributed by atoms with Crippen LogP contribution in [0.15, 0.2) is 29.4 Å². The lowest BCUT2D eigenvalue weighted by Gasteiger charge is -1.83. The molecule has 0 rings (SSSR count). The van der Waals surface area contributed by atoms with Crippen LogP contribution in [0.3, 0.4) is 0 Å². The van der Waals surface area contributed by atoms with Crippen LogP contribution < -0.4 is 5.73 Å². The van der Waals surface area contributed by atoms with Crippen molar-refractivity contribution in [2.45, 2.75) is 0 Å². The van der Waals surface area contributed by atoms with E-state index in [1.165, 1.54) is 6.20 Å². The smallest absolute Gasteiger partial charge is 0.0295 e. The van der Waals surface area contributed by atoms with Gasteiger partial charge in [0.2, 0.25) is 0 Å². The molecule has 2 nitrogen and oxygen atoms in total. The van der Waals surface area contributed by atoms with Crippen LogP contribution >= 0.6 is 0 Å². The van der Waals surface area contributed by atoms with E-state index in [4.69, 9.17) is 5.73 Å². The lowest BCUT2D eigenvalue weighted by molar-refractivity contribution is 1.45. The zero-order valence-corrected chi connectivity index (χ0v) is 4.96. The van der Waals surface area contributed by atoms with E-state index in [0.29, 0.717) is 0 Å². The third-order valence-electron chi connectivity index (χ3n) is 0.706. The molecule has 0 saturated carbocycles. The van der Waals surface area contributed by atoms with Crippen LogP contribution in [0, 0.1) is 0 Å². The van der Waals surface area contributed by atoms with E-state index in [9.17, 15) is 0 Å². The number of allylic oxidation sites excluding steroid dienone is 2. The van der Waals surface area contributed by atoms with Crippen LogP contribution in [-0.2, 0) is 0 Å². The van der Waals surface area contributed by atoms with Crippen molar-refractivity contribution in [1.82, 2.24) is 0 Å². The second-order valence-electron chi connectivity index (χ2n) is 1.26. The number of aliphatic imine (C=N–C) groups is 1. The second-order valence-corrected chi connectivity index (χ2v) is 1.26. The Labute approximate surface area is 49.4 Å². The summed E-state index contributed by atoms with van der Waals surface area (Å²) in [5.74, 6) is 0. The fraction of sp³-hybridized carbons (Fsp3) is 0.167. The summed E-state index contributed by atoms with van der Waals surface area (Å²) in [7, 11) is 1.69. The maximum atomic E-state index is 5.14. The van der Waals surface area contributed by atoms with E-state index in [-0.39, 0.29) is 0 Å². The van der Waals surface area contributed by atoms with Gasteiger partial charge in [-0.3, -0.25) is 4.99 Å². The van der Waals surface area contributed by atoms with Crippen molar-refractivity contribution in [2.24, 2.45) is 10.7 Å². The Balaban J connectivity index is 3.91. The van der Waals surface area contributed by atoms with Crippen LogP contribution in [0.4, 0.5) is 0 Å². The van der Waals surface area contributed by atoms with Gasteiger partial charge < -0.3 is 5.73 Å². The zero-order valence-electron chi connectivity index (χ0n) is 4.96. The summed E-state index contributed by atoms with van der Waals surface area (Å²) < 4.78 is 0. The molecule has 0 bridgehead atoms. The first-order chi connectivity index (χ1) is 3.85. The predicted molar refractivity (Wildman–Crippen MR) is 36.9 cm³/mol. The van der Waals surface area contributed by atoms with Gasteiger partial charge >= 0.3 is 0 Å². The molecule has 0 aliphatic rings. The van der Waals surface area contributed by atoms with E-state index >= 15 is 0 Å². The average molecular weight is 110 g/mol. The summed E-state index contributed by atoms with van der Waals surface area (Å²) in [5.41, 5.74) is 5.99. The molecule has 0 aliphatic carbocycles. The fourth-order valence-electron chi connectivity index (χ4n) is 0.313. The highest BCUT2D eigenvalue weighted by Gasteiger charge is 1.76. The summed E-state index contributed by atoms with van der Waals surface area (Å²) in [4.78, 5) is 3.73. The minimum absolute atomic E-state index is 0.840. The highest BCUT2D eigenvalue weighted by molar-refractivity contribution is 5.81. The van der Waals surface area contributed by atoms with E-state index in [1.54, 1.807) is 19.3 Å². The van der Waals surface area contributed by atoms with Gasteiger partial charge in [0.05, 0.1) is 0 Å². The molecule has 0 radical (unpaired) electrons. The third kappa shape index (κ3) is 2.18.